The van der Waals surface area contributed by atoms with Crippen molar-refractivity contribution >= 4 is 11.4 Å². The summed E-state index contributed by atoms with van der Waals surface area (Å²) in [6, 6.07) is 6.77. The van der Waals surface area contributed by atoms with Gasteiger partial charge in [-0.25, -0.2) is 0 Å². The zero-order chi connectivity index (χ0) is 12.5. The average molecular weight is 232 g/mol. The van der Waals surface area contributed by atoms with Gasteiger partial charge in [-0.15, -0.1) is 0 Å². The highest BCUT2D eigenvalue weighted by Crippen LogP contribution is 2.38. The van der Waals surface area contributed by atoms with E-state index in [1.165, 1.54) is 25.7 Å². The zero-order valence-electron chi connectivity index (χ0n) is 11.2. The third-order valence-electron chi connectivity index (χ3n) is 4.16. The molecule has 1 atom stereocenters. The van der Waals surface area contributed by atoms with Crippen molar-refractivity contribution in [3.05, 3.63) is 23.8 Å². The predicted octanol–water partition coefficient (Wildman–Crippen LogP) is 3.96. The van der Waals surface area contributed by atoms with E-state index in [-0.39, 0.29) is 0 Å². The first-order chi connectivity index (χ1) is 8.00. The Morgan fingerprint density at radius 2 is 2.06 bits per heavy atom. The van der Waals surface area contributed by atoms with Crippen LogP contribution in [-0.2, 0) is 0 Å². The number of hydrogen-bond donors (Lipinski definition) is 2. The Bertz CT molecular complexity index is 396. The van der Waals surface area contributed by atoms with E-state index < -0.39 is 0 Å². The smallest absolute Gasteiger partial charge is 0.0579 e. The Morgan fingerprint density at radius 3 is 2.76 bits per heavy atom. The van der Waals surface area contributed by atoms with E-state index in [2.05, 4.69) is 44.3 Å². The van der Waals surface area contributed by atoms with E-state index in [4.69, 9.17) is 5.73 Å². The first-order valence-corrected chi connectivity index (χ1v) is 6.62. The van der Waals surface area contributed by atoms with E-state index in [0.717, 1.165) is 16.9 Å². The van der Waals surface area contributed by atoms with Crippen molar-refractivity contribution in [2.24, 2.45) is 5.41 Å². The van der Waals surface area contributed by atoms with Crippen LogP contribution in [0.15, 0.2) is 18.2 Å². The second-order valence-corrected chi connectivity index (χ2v) is 5.97. The number of nitrogens with two attached hydrogens (primary N) is 1. The molecule has 0 radical (unpaired) electrons. The maximum Gasteiger partial charge on any atom is 0.0579 e. The summed E-state index contributed by atoms with van der Waals surface area (Å²) in [4.78, 5) is 0. The van der Waals surface area contributed by atoms with Gasteiger partial charge in [-0.1, -0.05) is 38.8 Å². The van der Waals surface area contributed by atoms with Crippen LogP contribution in [0.25, 0.3) is 0 Å². The van der Waals surface area contributed by atoms with Crippen molar-refractivity contribution in [3.8, 4) is 0 Å². The van der Waals surface area contributed by atoms with Gasteiger partial charge in [0.2, 0.25) is 0 Å². The summed E-state index contributed by atoms with van der Waals surface area (Å²) in [5.74, 6) is 0. The Balaban J connectivity index is 2.17. The zero-order valence-corrected chi connectivity index (χ0v) is 11.2. The Morgan fingerprint density at radius 1 is 1.29 bits per heavy atom. The molecule has 0 aliphatic heterocycles. The lowest BCUT2D eigenvalue weighted by atomic mass is 9.73. The van der Waals surface area contributed by atoms with Gasteiger partial charge in [0.05, 0.1) is 11.4 Å². The molecule has 2 rings (SSSR count). The quantitative estimate of drug-likeness (QED) is 0.757. The molecule has 1 aromatic carbocycles. The summed E-state index contributed by atoms with van der Waals surface area (Å²) in [5, 5.41) is 3.66. The third-order valence-corrected chi connectivity index (χ3v) is 4.16. The second-order valence-electron chi connectivity index (χ2n) is 5.97. The molecule has 3 N–H and O–H groups in total. The maximum absolute atomic E-state index is 6.13. The summed E-state index contributed by atoms with van der Waals surface area (Å²) in [7, 11) is 0. The SMILES string of the molecule is Cc1cccc(NC2CCCCC2(C)C)c1N. The van der Waals surface area contributed by atoms with Crippen LogP contribution in [0.5, 0.6) is 0 Å². The van der Waals surface area contributed by atoms with Crippen molar-refractivity contribution in [1.82, 2.24) is 0 Å². The van der Waals surface area contributed by atoms with E-state index in [1.54, 1.807) is 0 Å². The van der Waals surface area contributed by atoms with E-state index in [9.17, 15) is 0 Å². The fourth-order valence-electron chi connectivity index (χ4n) is 2.76. The number of nitrogen functional groups attached to an aromatic ring is 1. The van der Waals surface area contributed by atoms with Crippen LogP contribution in [0.3, 0.4) is 0 Å². The largest absolute Gasteiger partial charge is 0.397 e. The van der Waals surface area contributed by atoms with Gasteiger partial charge >= 0.3 is 0 Å². The van der Waals surface area contributed by atoms with Crippen LogP contribution >= 0.6 is 0 Å². The summed E-state index contributed by atoms with van der Waals surface area (Å²) in [5.41, 5.74) is 9.65. The molecule has 94 valence electrons. The first kappa shape index (κ1) is 12.3. The molecule has 2 nitrogen and oxygen atoms in total. The Labute approximate surface area is 105 Å². The Hall–Kier alpha value is -1.18. The molecule has 0 aromatic heterocycles. The molecular formula is C15H24N2. The molecule has 0 bridgehead atoms. The molecule has 1 aromatic rings. The average Bonchev–Trinajstić information content (AvgIpc) is 2.27. The number of aryl methyl sites for hydroxylation is 1. The minimum absolute atomic E-state index is 0.369. The van der Waals surface area contributed by atoms with Crippen LogP contribution < -0.4 is 11.1 Å². The van der Waals surface area contributed by atoms with Crippen LogP contribution in [0, 0.1) is 12.3 Å². The number of anilines is 2. The molecule has 0 heterocycles. The van der Waals surface area contributed by atoms with Crippen LogP contribution in [0.1, 0.15) is 45.1 Å². The lowest BCUT2D eigenvalue weighted by Crippen LogP contribution is -2.39. The van der Waals surface area contributed by atoms with Crippen molar-refractivity contribution in [2.45, 2.75) is 52.5 Å². The fraction of sp³-hybridized carbons (Fsp3) is 0.600. The highest BCUT2D eigenvalue weighted by Gasteiger charge is 2.32. The molecule has 0 spiro atoms. The molecule has 1 saturated carbocycles. The molecule has 1 aliphatic carbocycles. The van der Waals surface area contributed by atoms with Crippen molar-refractivity contribution in [2.75, 3.05) is 11.1 Å². The molecule has 0 saturated heterocycles. The van der Waals surface area contributed by atoms with Gasteiger partial charge in [-0.3, -0.25) is 0 Å². The summed E-state index contributed by atoms with van der Waals surface area (Å²) >= 11 is 0. The normalized spacial score (nSPS) is 23.4. The molecule has 0 amide bonds. The standard InChI is InChI=1S/C15H24N2/c1-11-7-6-8-12(14(11)16)17-13-9-4-5-10-15(13,2)3/h6-8,13,17H,4-5,9-10,16H2,1-3H3. The molecule has 2 heteroatoms. The van der Waals surface area contributed by atoms with Gasteiger partial charge in [0.25, 0.3) is 0 Å². The second kappa shape index (κ2) is 4.59. The van der Waals surface area contributed by atoms with Crippen molar-refractivity contribution in [3.63, 3.8) is 0 Å². The van der Waals surface area contributed by atoms with Gasteiger partial charge < -0.3 is 11.1 Å². The van der Waals surface area contributed by atoms with Crippen LogP contribution in [0.4, 0.5) is 11.4 Å². The maximum atomic E-state index is 6.13. The molecule has 1 fully saturated rings. The number of nitrogens with one attached hydrogen (secondary N) is 1. The van der Waals surface area contributed by atoms with Crippen LogP contribution in [-0.4, -0.2) is 6.04 Å². The van der Waals surface area contributed by atoms with Crippen LogP contribution in [0.2, 0.25) is 0 Å². The van der Waals surface area contributed by atoms with Crippen molar-refractivity contribution < 1.29 is 0 Å². The highest BCUT2D eigenvalue weighted by molar-refractivity contribution is 5.69. The summed E-state index contributed by atoms with van der Waals surface area (Å²) in [6.45, 7) is 6.78. The monoisotopic (exact) mass is 232 g/mol. The van der Waals surface area contributed by atoms with E-state index in [1.807, 2.05) is 0 Å². The lowest BCUT2D eigenvalue weighted by molar-refractivity contribution is 0.217. The fourth-order valence-corrected chi connectivity index (χ4v) is 2.76. The van der Waals surface area contributed by atoms with Gasteiger partial charge in [-0.05, 0) is 36.8 Å². The Kier molecular flexibility index (Phi) is 3.32. The van der Waals surface area contributed by atoms with Gasteiger partial charge in [-0.2, -0.15) is 0 Å². The summed E-state index contributed by atoms with van der Waals surface area (Å²) in [6.07, 6.45) is 5.23. The first-order valence-electron chi connectivity index (χ1n) is 6.62. The molecule has 1 unspecified atom stereocenters. The lowest BCUT2D eigenvalue weighted by Gasteiger charge is -2.40. The molecular weight excluding hydrogens is 208 g/mol. The van der Waals surface area contributed by atoms with Crippen molar-refractivity contribution in [1.29, 1.82) is 0 Å². The van der Waals surface area contributed by atoms with Gasteiger partial charge in [0, 0.05) is 6.04 Å². The van der Waals surface area contributed by atoms with E-state index >= 15 is 0 Å². The number of para-hydroxylation sites is 1. The summed E-state index contributed by atoms with van der Waals surface area (Å²) < 4.78 is 0. The van der Waals surface area contributed by atoms with Gasteiger partial charge in [0.1, 0.15) is 0 Å². The topological polar surface area (TPSA) is 38.0 Å². The molecule has 1 aliphatic rings. The highest BCUT2D eigenvalue weighted by atomic mass is 15.0. The number of rotatable bonds is 2. The minimum atomic E-state index is 0.369. The van der Waals surface area contributed by atoms with E-state index in [0.29, 0.717) is 11.5 Å². The predicted molar refractivity (Wildman–Crippen MR) is 75.3 cm³/mol. The number of hydrogen-bond acceptors (Lipinski definition) is 2. The van der Waals surface area contributed by atoms with Gasteiger partial charge in [0.15, 0.2) is 0 Å². The third kappa shape index (κ3) is 2.56. The molecule has 17 heavy (non-hydrogen) atoms. The minimum Gasteiger partial charge on any atom is -0.397 e. The number of benzene rings is 1.